The minimum Gasteiger partial charge on any atom is -0.465 e. The molecule has 0 aliphatic rings. The lowest BCUT2D eigenvalue weighted by Crippen LogP contribution is -2.36. The van der Waals surface area contributed by atoms with E-state index in [0.29, 0.717) is 40.7 Å². The number of hydrogen-bond donors (Lipinski definition) is 1. The Morgan fingerprint density at radius 1 is 0.960 bits per heavy atom. The van der Waals surface area contributed by atoms with Gasteiger partial charge in [0.2, 0.25) is 0 Å². The van der Waals surface area contributed by atoms with E-state index >= 15 is 0 Å². The van der Waals surface area contributed by atoms with Gasteiger partial charge in [-0.2, -0.15) is 0 Å². The summed E-state index contributed by atoms with van der Waals surface area (Å²) in [7, 11) is 1.36. The Kier molecular flexibility index (Phi) is 10.2. The van der Waals surface area contributed by atoms with Crippen molar-refractivity contribution < 1.29 is 19.1 Å². The van der Waals surface area contributed by atoms with Crippen LogP contribution in [0.25, 0.3) is 32.8 Å². The van der Waals surface area contributed by atoms with Crippen LogP contribution < -0.4 is 5.32 Å². The highest BCUT2D eigenvalue weighted by Gasteiger charge is 2.24. The number of amides is 1. The number of fused-ring (bicyclic) bond motifs is 3. The molecule has 0 radical (unpaired) electrons. The molecular weight excluding hydrogens is 654 g/mol. The molecule has 6 aromatic rings. The van der Waals surface area contributed by atoms with E-state index in [0.717, 1.165) is 39.3 Å². The third-order valence-electron chi connectivity index (χ3n) is 7.96. The lowest BCUT2D eigenvalue weighted by atomic mass is 10.0. The van der Waals surface area contributed by atoms with E-state index in [2.05, 4.69) is 20.6 Å². The number of nitrogens with one attached hydrogen (secondary N) is 1. The number of carbonyl (C=O) groups excluding carboxylic acids is 2. The Hall–Kier alpha value is -5.55. The second-order valence-corrected chi connectivity index (χ2v) is 13.3. The normalized spacial score (nSPS) is 11.5. The summed E-state index contributed by atoms with van der Waals surface area (Å²) in [5.74, 6) is 0.277. The zero-order valence-corrected chi connectivity index (χ0v) is 29.1. The number of benzene rings is 3. The summed E-state index contributed by atoms with van der Waals surface area (Å²) in [6.07, 6.45) is 5.64. The van der Waals surface area contributed by atoms with Crippen molar-refractivity contribution in [2.75, 3.05) is 19.0 Å². The quantitative estimate of drug-likeness (QED) is 0.0819. The number of ether oxygens (including phenoxy) is 2. The van der Waals surface area contributed by atoms with Crippen molar-refractivity contribution in [3.8, 4) is 11.1 Å². The Bertz CT molecular complexity index is 2150. The maximum absolute atomic E-state index is 13.3. The predicted octanol–water partition coefficient (Wildman–Crippen LogP) is 7.92. The number of anilines is 1. The first-order valence-corrected chi connectivity index (χ1v) is 16.7. The molecule has 50 heavy (non-hydrogen) atoms. The monoisotopic (exact) mass is 691 g/mol. The number of halogens is 1. The smallest absolute Gasteiger partial charge is 0.410 e. The van der Waals surface area contributed by atoms with Crippen molar-refractivity contribution in [2.24, 2.45) is 0 Å². The summed E-state index contributed by atoms with van der Waals surface area (Å²) in [6.45, 7) is 7.20. The van der Waals surface area contributed by atoms with Gasteiger partial charge in [0.1, 0.15) is 17.1 Å². The molecule has 0 saturated carbocycles. The fourth-order valence-electron chi connectivity index (χ4n) is 5.63. The SMILES string of the molecule is COC(=O)c1ccc2c(c1)nc(NCCCn1cc(CN(Cc3ccc(-c4ccccc4)c(Cl)c3)C(=O)OC(C)(C)C)nn1)c1ccncc12. The molecule has 0 bridgehead atoms. The molecule has 0 atom stereocenters. The van der Waals surface area contributed by atoms with Crippen LogP contribution in [0.1, 0.15) is 48.8 Å². The summed E-state index contributed by atoms with van der Waals surface area (Å²) in [5, 5.41) is 15.5. The van der Waals surface area contributed by atoms with E-state index < -0.39 is 17.7 Å². The number of carbonyl (C=O) groups is 2. The van der Waals surface area contributed by atoms with Gasteiger partial charge in [0.25, 0.3) is 0 Å². The maximum Gasteiger partial charge on any atom is 0.410 e. The van der Waals surface area contributed by atoms with Crippen LogP contribution in [-0.4, -0.2) is 61.2 Å². The number of rotatable bonds is 11. The number of nitrogens with zero attached hydrogens (tertiary/aromatic N) is 6. The molecule has 0 aliphatic carbocycles. The highest BCUT2D eigenvalue weighted by atomic mass is 35.5. The van der Waals surface area contributed by atoms with Gasteiger partial charge in [0.05, 0.1) is 30.9 Å². The minimum atomic E-state index is -0.667. The van der Waals surface area contributed by atoms with Crippen LogP contribution >= 0.6 is 11.6 Å². The summed E-state index contributed by atoms with van der Waals surface area (Å²) in [5.41, 5.74) is 3.87. The lowest BCUT2D eigenvalue weighted by molar-refractivity contribution is 0.0213. The number of hydrogen-bond acceptors (Lipinski definition) is 9. The standard InChI is InChI=1S/C38H38ClN7O4/c1-38(2,3)50-37(48)45(22-25-11-13-29(33(39)19-25)26-9-6-5-7-10-26)23-28-24-46(44-43-28)18-8-16-41-35-31-15-17-40-21-32(31)30-14-12-27(36(47)49-4)20-34(30)42-35/h5-7,9-15,17,19-21,24H,8,16,18,22-23H2,1-4H3,(H,41,42). The van der Waals surface area contributed by atoms with Gasteiger partial charge in [0, 0.05) is 58.8 Å². The Morgan fingerprint density at radius 2 is 1.78 bits per heavy atom. The van der Waals surface area contributed by atoms with E-state index in [9.17, 15) is 9.59 Å². The van der Waals surface area contributed by atoms with Crippen LogP contribution in [0.15, 0.2) is 91.4 Å². The molecule has 0 aliphatic heterocycles. The van der Waals surface area contributed by atoms with Crippen LogP contribution in [0.5, 0.6) is 0 Å². The van der Waals surface area contributed by atoms with Crippen molar-refractivity contribution in [3.63, 3.8) is 0 Å². The fourth-order valence-corrected chi connectivity index (χ4v) is 5.94. The molecular formula is C38H38ClN7O4. The van der Waals surface area contributed by atoms with Crippen molar-refractivity contribution >= 4 is 51.2 Å². The number of pyridine rings is 2. The van der Waals surface area contributed by atoms with Gasteiger partial charge < -0.3 is 14.8 Å². The highest BCUT2D eigenvalue weighted by molar-refractivity contribution is 6.33. The largest absolute Gasteiger partial charge is 0.465 e. The van der Waals surface area contributed by atoms with E-state index in [-0.39, 0.29) is 13.1 Å². The average Bonchev–Trinajstić information content (AvgIpc) is 3.56. The van der Waals surface area contributed by atoms with Crippen LogP contribution in [0, 0.1) is 0 Å². The van der Waals surface area contributed by atoms with E-state index in [4.69, 9.17) is 26.1 Å². The van der Waals surface area contributed by atoms with Crippen molar-refractivity contribution in [1.29, 1.82) is 0 Å². The maximum atomic E-state index is 13.3. The number of methoxy groups -OCH3 is 1. The van der Waals surface area contributed by atoms with Gasteiger partial charge in [-0.25, -0.2) is 14.6 Å². The van der Waals surface area contributed by atoms with Crippen LogP contribution in [-0.2, 0) is 29.1 Å². The predicted molar refractivity (Wildman–Crippen MR) is 194 cm³/mol. The highest BCUT2D eigenvalue weighted by Crippen LogP contribution is 2.31. The van der Waals surface area contributed by atoms with Gasteiger partial charge >= 0.3 is 12.1 Å². The van der Waals surface area contributed by atoms with Crippen LogP contribution in [0.4, 0.5) is 10.6 Å². The third-order valence-corrected chi connectivity index (χ3v) is 8.27. The van der Waals surface area contributed by atoms with Crippen molar-refractivity contribution in [3.05, 3.63) is 113 Å². The summed E-state index contributed by atoms with van der Waals surface area (Å²) < 4.78 is 12.4. The van der Waals surface area contributed by atoms with Gasteiger partial charge in [0.15, 0.2) is 0 Å². The fraction of sp³-hybridized carbons (Fsp3) is 0.263. The van der Waals surface area contributed by atoms with E-state index in [1.165, 1.54) is 7.11 Å². The molecule has 3 aromatic heterocycles. The molecule has 1 N–H and O–H groups in total. The molecule has 0 fully saturated rings. The Labute approximate surface area is 295 Å². The molecule has 0 unspecified atom stereocenters. The minimum absolute atomic E-state index is 0.208. The van der Waals surface area contributed by atoms with E-state index in [1.807, 2.05) is 87.6 Å². The molecule has 12 heteroatoms. The molecule has 3 aromatic carbocycles. The molecule has 0 saturated heterocycles. The zero-order chi connectivity index (χ0) is 35.3. The molecule has 256 valence electrons. The summed E-state index contributed by atoms with van der Waals surface area (Å²) >= 11 is 6.68. The third kappa shape index (κ3) is 8.18. The first-order chi connectivity index (χ1) is 24.1. The summed E-state index contributed by atoms with van der Waals surface area (Å²) in [6, 6.07) is 23.0. The topological polar surface area (TPSA) is 124 Å². The van der Waals surface area contributed by atoms with E-state index in [1.54, 1.807) is 34.1 Å². The second kappa shape index (κ2) is 14.9. The average molecular weight is 692 g/mol. The zero-order valence-electron chi connectivity index (χ0n) is 28.4. The molecule has 3 heterocycles. The number of aromatic nitrogens is 5. The molecule has 1 amide bonds. The second-order valence-electron chi connectivity index (χ2n) is 12.9. The first-order valence-electron chi connectivity index (χ1n) is 16.3. The summed E-state index contributed by atoms with van der Waals surface area (Å²) in [4.78, 5) is 36.2. The van der Waals surface area contributed by atoms with Crippen molar-refractivity contribution in [2.45, 2.75) is 52.4 Å². The van der Waals surface area contributed by atoms with Gasteiger partial charge in [-0.15, -0.1) is 5.10 Å². The van der Waals surface area contributed by atoms with Crippen molar-refractivity contribution in [1.82, 2.24) is 29.9 Å². The van der Waals surface area contributed by atoms with Crippen LogP contribution in [0.3, 0.4) is 0 Å². The number of esters is 1. The Morgan fingerprint density at radius 3 is 2.54 bits per heavy atom. The van der Waals surface area contributed by atoms with Gasteiger partial charge in [-0.05, 0) is 62.6 Å². The van der Waals surface area contributed by atoms with Crippen LogP contribution in [0.2, 0.25) is 5.02 Å². The molecule has 11 nitrogen and oxygen atoms in total. The van der Waals surface area contributed by atoms with Gasteiger partial charge in [-0.3, -0.25) is 14.6 Å². The molecule has 6 rings (SSSR count). The Balaban J connectivity index is 1.12. The lowest BCUT2D eigenvalue weighted by Gasteiger charge is -2.27. The van der Waals surface area contributed by atoms with Gasteiger partial charge in [-0.1, -0.05) is 65.3 Å². The molecule has 0 spiro atoms. The first kappa shape index (κ1) is 34.3. The number of aryl methyl sites for hydroxylation is 1.